The minimum Gasteiger partial charge on any atom is -0.457 e. The van der Waals surface area contributed by atoms with E-state index in [1.165, 1.54) is 6.07 Å². The Morgan fingerprint density at radius 2 is 1.54 bits per heavy atom. The molecular weight excluding hydrogens is 378 g/mol. The molecule has 0 saturated heterocycles. The minimum atomic E-state index is -3.75. The van der Waals surface area contributed by atoms with Crippen LogP contribution >= 0.6 is 0 Å². The molecule has 3 aromatic carbocycles. The minimum absolute atomic E-state index is 0.118. The summed E-state index contributed by atoms with van der Waals surface area (Å²) in [7, 11) is -3.75. The van der Waals surface area contributed by atoms with Gasteiger partial charge < -0.3 is 4.74 Å². The molecule has 0 fully saturated rings. The molecule has 0 aliphatic rings. The first-order valence-corrected chi connectivity index (χ1v) is 10.2. The molecule has 0 heterocycles. The molecule has 7 heteroatoms. The summed E-state index contributed by atoms with van der Waals surface area (Å²) in [4.78, 5) is 23.8. The lowest BCUT2D eigenvalue weighted by atomic mass is 10.1. The van der Waals surface area contributed by atoms with Gasteiger partial charge in [-0.3, -0.25) is 9.59 Å². The van der Waals surface area contributed by atoms with Crippen LogP contribution in [0.5, 0.6) is 0 Å². The summed E-state index contributed by atoms with van der Waals surface area (Å²) in [6.45, 7) is -0.492. The number of rotatable bonds is 8. The van der Waals surface area contributed by atoms with Crippen LogP contribution in [0.15, 0.2) is 77.7 Å². The van der Waals surface area contributed by atoms with Gasteiger partial charge in [0.1, 0.15) is 0 Å². The van der Waals surface area contributed by atoms with Gasteiger partial charge in [-0.05, 0) is 22.9 Å². The van der Waals surface area contributed by atoms with Crippen LogP contribution in [0.25, 0.3) is 10.8 Å². The van der Waals surface area contributed by atoms with Crippen molar-refractivity contribution in [3.05, 3.63) is 78.4 Å². The molecule has 6 nitrogen and oxygen atoms in total. The van der Waals surface area contributed by atoms with Crippen LogP contribution in [0.1, 0.15) is 16.8 Å². The van der Waals surface area contributed by atoms with E-state index in [1.807, 2.05) is 24.3 Å². The molecular formula is C21H19NO5S. The molecule has 0 aromatic heterocycles. The first-order chi connectivity index (χ1) is 13.5. The fourth-order valence-electron chi connectivity index (χ4n) is 2.63. The summed E-state index contributed by atoms with van der Waals surface area (Å²) in [6, 6.07) is 20.7. The topological polar surface area (TPSA) is 89.5 Å². The monoisotopic (exact) mass is 397 g/mol. The van der Waals surface area contributed by atoms with Gasteiger partial charge in [-0.2, -0.15) is 0 Å². The van der Waals surface area contributed by atoms with Crippen molar-refractivity contribution in [2.75, 3.05) is 13.2 Å². The van der Waals surface area contributed by atoms with Crippen molar-refractivity contribution in [3.8, 4) is 0 Å². The number of hydrogen-bond acceptors (Lipinski definition) is 5. The lowest BCUT2D eigenvalue weighted by molar-refractivity contribution is -0.142. The van der Waals surface area contributed by atoms with Crippen LogP contribution in [0.2, 0.25) is 0 Å². The molecule has 0 unspecified atom stereocenters. The Bertz CT molecular complexity index is 1090. The summed E-state index contributed by atoms with van der Waals surface area (Å²) >= 11 is 0. The van der Waals surface area contributed by atoms with E-state index < -0.39 is 16.0 Å². The zero-order valence-corrected chi connectivity index (χ0v) is 15.8. The Labute approximate surface area is 163 Å². The average molecular weight is 397 g/mol. The number of ketones is 1. The van der Waals surface area contributed by atoms with Crippen molar-refractivity contribution in [3.63, 3.8) is 0 Å². The third-order valence-electron chi connectivity index (χ3n) is 4.11. The number of carbonyl (C=O) groups excluding carboxylic acids is 2. The van der Waals surface area contributed by atoms with Crippen molar-refractivity contribution in [2.24, 2.45) is 0 Å². The van der Waals surface area contributed by atoms with E-state index in [2.05, 4.69) is 4.72 Å². The molecule has 3 rings (SSSR count). The normalized spacial score (nSPS) is 11.3. The summed E-state index contributed by atoms with van der Waals surface area (Å²) in [5, 5.41) is 1.75. The van der Waals surface area contributed by atoms with Crippen LogP contribution in [0.4, 0.5) is 0 Å². The molecule has 3 aromatic rings. The molecule has 0 spiro atoms. The standard InChI is InChI=1S/C21H19NO5S/c23-20(17-7-2-1-3-8-17)15-27-21(24)12-13-22-28(25,26)19-11-10-16-6-4-5-9-18(16)14-19/h1-11,14,22H,12-13,15H2. The lowest BCUT2D eigenvalue weighted by Gasteiger charge is -2.08. The average Bonchev–Trinajstić information content (AvgIpc) is 2.72. The Morgan fingerprint density at radius 3 is 2.29 bits per heavy atom. The van der Waals surface area contributed by atoms with E-state index in [4.69, 9.17) is 4.74 Å². The fourth-order valence-corrected chi connectivity index (χ4v) is 3.70. The number of benzene rings is 3. The molecule has 0 aliphatic heterocycles. The summed E-state index contributed by atoms with van der Waals surface area (Å²) in [6.07, 6.45) is -0.172. The SMILES string of the molecule is O=C(CCNS(=O)(=O)c1ccc2ccccc2c1)OCC(=O)c1ccccc1. The van der Waals surface area contributed by atoms with Crippen LogP contribution < -0.4 is 4.72 Å². The van der Waals surface area contributed by atoms with Crippen molar-refractivity contribution in [1.82, 2.24) is 4.72 Å². The number of esters is 1. The smallest absolute Gasteiger partial charge is 0.307 e. The number of ether oxygens (including phenoxy) is 1. The number of carbonyl (C=O) groups is 2. The zero-order chi connectivity index (χ0) is 20.0. The van der Waals surface area contributed by atoms with Gasteiger partial charge in [-0.15, -0.1) is 0 Å². The van der Waals surface area contributed by atoms with E-state index in [-0.39, 0.29) is 30.3 Å². The molecule has 144 valence electrons. The molecule has 28 heavy (non-hydrogen) atoms. The van der Waals surface area contributed by atoms with Crippen molar-refractivity contribution >= 4 is 32.5 Å². The highest BCUT2D eigenvalue weighted by atomic mass is 32.2. The number of fused-ring (bicyclic) bond motifs is 1. The maximum absolute atomic E-state index is 12.4. The summed E-state index contributed by atoms with van der Waals surface area (Å²) in [5.74, 6) is -0.962. The van der Waals surface area contributed by atoms with Crippen molar-refractivity contribution < 1.29 is 22.7 Å². The van der Waals surface area contributed by atoms with Gasteiger partial charge in [-0.25, -0.2) is 13.1 Å². The second kappa shape index (κ2) is 8.77. The number of hydrogen-bond donors (Lipinski definition) is 1. The Balaban J connectivity index is 1.50. The van der Waals surface area contributed by atoms with Crippen LogP contribution in [0.3, 0.4) is 0 Å². The van der Waals surface area contributed by atoms with E-state index in [1.54, 1.807) is 42.5 Å². The van der Waals surface area contributed by atoms with E-state index >= 15 is 0 Å². The first-order valence-electron chi connectivity index (χ1n) is 8.68. The van der Waals surface area contributed by atoms with Crippen molar-refractivity contribution in [1.29, 1.82) is 0 Å². The highest BCUT2D eigenvalue weighted by molar-refractivity contribution is 7.89. The van der Waals surface area contributed by atoms with E-state index in [0.29, 0.717) is 5.56 Å². The predicted molar refractivity (Wildman–Crippen MR) is 105 cm³/mol. The van der Waals surface area contributed by atoms with Gasteiger partial charge >= 0.3 is 5.97 Å². The maximum atomic E-state index is 12.4. The van der Waals surface area contributed by atoms with Crippen LogP contribution in [0, 0.1) is 0 Å². The molecule has 0 atom stereocenters. The molecule has 0 radical (unpaired) electrons. The van der Waals surface area contributed by atoms with Gasteiger partial charge in [0.2, 0.25) is 10.0 Å². The van der Waals surface area contributed by atoms with Crippen LogP contribution in [-0.4, -0.2) is 33.3 Å². The maximum Gasteiger partial charge on any atom is 0.307 e. The van der Waals surface area contributed by atoms with Crippen LogP contribution in [-0.2, 0) is 19.6 Å². The molecule has 0 saturated carbocycles. The summed E-state index contributed by atoms with van der Waals surface area (Å²) in [5.41, 5.74) is 0.451. The predicted octanol–water partition coefficient (Wildman–Crippen LogP) is 2.93. The second-order valence-corrected chi connectivity index (χ2v) is 7.87. The third kappa shape index (κ3) is 5.03. The Hall–Kier alpha value is -3.03. The third-order valence-corrected chi connectivity index (χ3v) is 5.57. The number of Topliss-reactive ketones (excluding diaryl/α,β-unsaturated/α-hetero) is 1. The Kier molecular flexibility index (Phi) is 6.18. The first kappa shape index (κ1) is 19.7. The van der Waals surface area contributed by atoms with Gasteiger partial charge in [0.15, 0.2) is 12.4 Å². The fraction of sp³-hybridized carbons (Fsp3) is 0.143. The van der Waals surface area contributed by atoms with Gasteiger partial charge in [0.05, 0.1) is 11.3 Å². The zero-order valence-electron chi connectivity index (χ0n) is 15.0. The molecule has 0 amide bonds. The molecule has 0 bridgehead atoms. The molecule has 1 N–H and O–H groups in total. The van der Waals surface area contributed by atoms with E-state index in [0.717, 1.165) is 10.8 Å². The largest absolute Gasteiger partial charge is 0.457 e. The summed E-state index contributed by atoms with van der Waals surface area (Å²) < 4.78 is 32.1. The quantitative estimate of drug-likeness (QED) is 0.466. The highest BCUT2D eigenvalue weighted by Gasteiger charge is 2.15. The van der Waals surface area contributed by atoms with Gasteiger partial charge in [0, 0.05) is 12.1 Å². The van der Waals surface area contributed by atoms with Gasteiger partial charge in [0.25, 0.3) is 0 Å². The Morgan fingerprint density at radius 1 is 0.857 bits per heavy atom. The van der Waals surface area contributed by atoms with Crippen molar-refractivity contribution in [2.45, 2.75) is 11.3 Å². The number of nitrogens with one attached hydrogen (secondary N) is 1. The second-order valence-electron chi connectivity index (χ2n) is 6.11. The highest BCUT2D eigenvalue weighted by Crippen LogP contribution is 2.18. The van der Waals surface area contributed by atoms with Gasteiger partial charge in [-0.1, -0.05) is 60.7 Å². The molecule has 0 aliphatic carbocycles. The van der Waals surface area contributed by atoms with E-state index in [9.17, 15) is 18.0 Å². The lowest BCUT2D eigenvalue weighted by Crippen LogP contribution is -2.27. The number of sulfonamides is 1.